The van der Waals surface area contributed by atoms with Crippen LogP contribution in [0.4, 0.5) is 0 Å². The largest absolute Gasteiger partial charge is 0.394 e. The fraction of sp³-hybridized carbons (Fsp3) is 1.00. The first-order valence-electron chi connectivity index (χ1n) is 3.48. The highest BCUT2D eigenvalue weighted by molar-refractivity contribution is 6.18. The van der Waals surface area contributed by atoms with Crippen molar-refractivity contribution in [3.8, 4) is 0 Å². The van der Waals surface area contributed by atoms with Gasteiger partial charge in [0.15, 0.2) is 0 Å². The number of aliphatic hydroxyl groups excluding tert-OH is 3. The molecule has 12 heavy (non-hydrogen) atoms. The third kappa shape index (κ3) is 1.44. The summed E-state index contributed by atoms with van der Waals surface area (Å²) in [7, 11) is 0. The molecule has 6 heteroatoms. The molecule has 72 valence electrons. The van der Waals surface area contributed by atoms with Crippen LogP contribution in [0, 0.1) is 0 Å². The Morgan fingerprint density at radius 2 is 2.00 bits per heavy atom. The second-order valence-corrected chi connectivity index (χ2v) is 3.02. The molecule has 0 saturated carbocycles. The summed E-state index contributed by atoms with van der Waals surface area (Å²) in [6.45, 7) is -0.475. The predicted octanol–water partition coefficient (Wildman–Crippen LogP) is -1.97. The smallest absolute Gasteiger partial charge is 0.209 e. The Kier molecular flexibility index (Phi) is 2.92. The number of rotatable bonds is 2. The van der Waals surface area contributed by atoms with E-state index in [-0.39, 0.29) is 5.88 Å². The molecule has 0 aliphatic carbocycles. The van der Waals surface area contributed by atoms with E-state index in [1.807, 2.05) is 0 Å². The number of alkyl halides is 1. The van der Waals surface area contributed by atoms with Crippen molar-refractivity contribution in [2.45, 2.75) is 24.1 Å². The lowest BCUT2D eigenvalue weighted by molar-refractivity contribution is -0.214. The van der Waals surface area contributed by atoms with E-state index in [1.54, 1.807) is 0 Å². The molecule has 1 saturated heterocycles. The number of halogens is 1. The van der Waals surface area contributed by atoms with E-state index < -0.39 is 30.7 Å². The Hall–Kier alpha value is 0.0900. The number of hydrogen-bond acceptors (Lipinski definition) is 5. The highest BCUT2D eigenvalue weighted by Crippen LogP contribution is 2.29. The Morgan fingerprint density at radius 3 is 2.25 bits per heavy atom. The molecule has 0 aromatic rings. The van der Waals surface area contributed by atoms with Crippen LogP contribution in [0.15, 0.2) is 0 Å². The van der Waals surface area contributed by atoms with Crippen molar-refractivity contribution < 1.29 is 25.2 Å². The zero-order chi connectivity index (χ0) is 9.35. The van der Waals surface area contributed by atoms with Crippen LogP contribution in [0.25, 0.3) is 0 Å². The summed E-state index contributed by atoms with van der Waals surface area (Å²) < 4.78 is 4.75. The molecule has 5 nitrogen and oxygen atoms in total. The van der Waals surface area contributed by atoms with Crippen LogP contribution in [0.5, 0.6) is 0 Å². The highest BCUT2D eigenvalue weighted by atomic mass is 35.5. The van der Waals surface area contributed by atoms with Crippen molar-refractivity contribution in [3.05, 3.63) is 0 Å². The van der Waals surface area contributed by atoms with Crippen LogP contribution in [-0.4, -0.2) is 57.0 Å². The molecule has 1 fully saturated rings. The van der Waals surface area contributed by atoms with Gasteiger partial charge in [0.2, 0.25) is 5.79 Å². The Balaban J connectivity index is 2.72. The summed E-state index contributed by atoms with van der Waals surface area (Å²) in [6.07, 6.45) is -3.77. The van der Waals surface area contributed by atoms with Gasteiger partial charge in [0, 0.05) is 0 Å². The molecule has 1 aliphatic rings. The Morgan fingerprint density at radius 1 is 1.42 bits per heavy atom. The lowest BCUT2D eigenvalue weighted by atomic mass is 10.1. The van der Waals surface area contributed by atoms with Gasteiger partial charge in [-0.3, -0.25) is 0 Å². The van der Waals surface area contributed by atoms with Crippen LogP contribution in [0.2, 0.25) is 0 Å². The van der Waals surface area contributed by atoms with Crippen molar-refractivity contribution in [2.24, 2.45) is 0 Å². The normalized spacial score (nSPS) is 48.2. The van der Waals surface area contributed by atoms with Crippen molar-refractivity contribution >= 4 is 11.6 Å². The van der Waals surface area contributed by atoms with Crippen LogP contribution in [0.1, 0.15) is 0 Å². The second kappa shape index (κ2) is 3.45. The summed E-state index contributed by atoms with van der Waals surface area (Å²) in [5.74, 6) is -2.31. The molecule has 0 radical (unpaired) electrons. The van der Waals surface area contributed by atoms with Gasteiger partial charge in [0.1, 0.15) is 18.3 Å². The molecule has 0 amide bonds. The first-order chi connectivity index (χ1) is 5.55. The van der Waals surface area contributed by atoms with E-state index in [2.05, 4.69) is 0 Å². The molecular weight excluding hydrogens is 188 g/mol. The van der Waals surface area contributed by atoms with Crippen molar-refractivity contribution in [2.75, 3.05) is 12.5 Å². The zero-order valence-corrected chi connectivity index (χ0v) is 6.98. The van der Waals surface area contributed by atoms with Gasteiger partial charge >= 0.3 is 0 Å². The molecule has 0 spiro atoms. The quantitative estimate of drug-likeness (QED) is 0.387. The maximum absolute atomic E-state index is 9.37. The molecule has 0 aromatic heterocycles. The molecule has 0 unspecified atom stereocenters. The number of ether oxygens (including phenoxy) is 1. The fourth-order valence-electron chi connectivity index (χ4n) is 1.13. The maximum Gasteiger partial charge on any atom is 0.209 e. The van der Waals surface area contributed by atoms with Crippen molar-refractivity contribution in [1.29, 1.82) is 0 Å². The van der Waals surface area contributed by atoms with Gasteiger partial charge in [-0.15, -0.1) is 11.6 Å². The number of hydrogen-bond donors (Lipinski definition) is 4. The van der Waals surface area contributed by atoms with Crippen LogP contribution >= 0.6 is 11.6 Å². The van der Waals surface area contributed by atoms with E-state index in [0.29, 0.717) is 0 Å². The maximum atomic E-state index is 9.37. The predicted molar refractivity (Wildman–Crippen MR) is 39.6 cm³/mol. The molecule has 4 atom stereocenters. The Labute approximate surface area is 74.2 Å². The minimum Gasteiger partial charge on any atom is -0.394 e. The van der Waals surface area contributed by atoms with Crippen molar-refractivity contribution in [1.82, 2.24) is 0 Å². The summed E-state index contributed by atoms with van der Waals surface area (Å²) in [6, 6.07) is 0. The van der Waals surface area contributed by atoms with Gasteiger partial charge in [0.05, 0.1) is 12.5 Å². The average molecular weight is 199 g/mol. The molecule has 0 aromatic carbocycles. The first kappa shape index (κ1) is 10.2. The summed E-state index contributed by atoms with van der Waals surface area (Å²) in [5, 5.41) is 36.4. The minimum atomic E-state index is -1.95. The molecule has 1 aliphatic heterocycles. The molecule has 0 bridgehead atoms. The highest BCUT2D eigenvalue weighted by Gasteiger charge is 2.52. The summed E-state index contributed by atoms with van der Waals surface area (Å²) in [4.78, 5) is 0. The van der Waals surface area contributed by atoms with Gasteiger partial charge in [-0.25, -0.2) is 0 Å². The SMILES string of the molecule is OC[C@H]1O[C@@](O)(CCl)[C@@H](O)[C@@H]1O. The van der Waals surface area contributed by atoms with Crippen LogP contribution < -0.4 is 0 Å². The summed E-state index contributed by atoms with van der Waals surface area (Å²) >= 11 is 5.30. The van der Waals surface area contributed by atoms with E-state index in [0.717, 1.165) is 0 Å². The monoisotopic (exact) mass is 198 g/mol. The standard InChI is InChI=1S/C6H11ClO5/c7-2-6(11)5(10)4(9)3(1-8)12-6/h3-5,8-11H,1-2H2/t3-,4-,5+,6+/m1/s1. The minimum absolute atomic E-state index is 0.359. The lowest BCUT2D eigenvalue weighted by Crippen LogP contribution is -2.44. The van der Waals surface area contributed by atoms with E-state index in [4.69, 9.17) is 21.4 Å². The lowest BCUT2D eigenvalue weighted by Gasteiger charge is -2.22. The third-order valence-corrected chi connectivity index (χ3v) is 2.28. The fourth-order valence-corrected chi connectivity index (χ4v) is 1.35. The Bertz CT molecular complexity index is 166. The third-order valence-electron chi connectivity index (χ3n) is 1.89. The van der Waals surface area contributed by atoms with Gasteiger partial charge in [-0.2, -0.15) is 0 Å². The second-order valence-electron chi connectivity index (χ2n) is 2.75. The van der Waals surface area contributed by atoms with Gasteiger partial charge in [-0.1, -0.05) is 0 Å². The van der Waals surface area contributed by atoms with Crippen molar-refractivity contribution in [3.63, 3.8) is 0 Å². The zero-order valence-electron chi connectivity index (χ0n) is 6.22. The van der Waals surface area contributed by atoms with E-state index in [1.165, 1.54) is 0 Å². The topological polar surface area (TPSA) is 90.2 Å². The molecule has 1 rings (SSSR count). The molecular formula is C6H11ClO5. The van der Waals surface area contributed by atoms with Gasteiger partial charge in [0.25, 0.3) is 0 Å². The van der Waals surface area contributed by atoms with Gasteiger partial charge < -0.3 is 25.2 Å². The van der Waals surface area contributed by atoms with Gasteiger partial charge in [-0.05, 0) is 0 Å². The van der Waals surface area contributed by atoms with E-state index in [9.17, 15) is 15.3 Å². The van der Waals surface area contributed by atoms with Crippen LogP contribution in [0.3, 0.4) is 0 Å². The van der Waals surface area contributed by atoms with E-state index >= 15 is 0 Å². The first-order valence-corrected chi connectivity index (χ1v) is 4.01. The average Bonchev–Trinajstić information content (AvgIpc) is 2.31. The van der Waals surface area contributed by atoms with Crippen LogP contribution in [-0.2, 0) is 4.74 Å². The number of aliphatic hydroxyl groups is 4. The summed E-state index contributed by atoms with van der Waals surface area (Å²) in [5.41, 5.74) is 0. The molecule has 4 N–H and O–H groups in total. The molecule has 1 heterocycles.